The number of nitrogen functional groups attached to an aromatic ring is 1. The number of aliphatic hydroxyl groups is 1. The van der Waals surface area contributed by atoms with Crippen molar-refractivity contribution in [2.75, 3.05) is 30.5 Å². The topological polar surface area (TPSA) is 155 Å². The van der Waals surface area contributed by atoms with Crippen molar-refractivity contribution in [3.63, 3.8) is 0 Å². The number of amides is 2. The summed E-state index contributed by atoms with van der Waals surface area (Å²) in [5, 5.41) is 20.3. The fourth-order valence-electron chi connectivity index (χ4n) is 3.07. The Bertz CT molecular complexity index is 990. The second kappa shape index (κ2) is 9.37. The van der Waals surface area contributed by atoms with Gasteiger partial charge in [0.2, 0.25) is 0 Å². The summed E-state index contributed by atoms with van der Waals surface area (Å²) in [6.45, 7) is 0.348. The first-order valence-corrected chi connectivity index (χ1v) is 9.36. The summed E-state index contributed by atoms with van der Waals surface area (Å²) in [7, 11) is 1.27. The van der Waals surface area contributed by atoms with Crippen molar-refractivity contribution < 1.29 is 29.0 Å². The highest BCUT2D eigenvalue weighted by atomic mass is 16.5. The summed E-state index contributed by atoms with van der Waals surface area (Å²) in [4.78, 5) is 38.2. The Hall–Kier alpha value is -3.76. The number of aliphatic hydroxyl groups excluding tert-OH is 1. The molecule has 2 atom stereocenters. The van der Waals surface area contributed by atoms with Crippen LogP contribution in [0.4, 0.5) is 11.4 Å². The molecule has 1 unspecified atom stereocenters. The van der Waals surface area contributed by atoms with Crippen molar-refractivity contribution >= 4 is 35.0 Å². The molecule has 10 heteroatoms. The van der Waals surface area contributed by atoms with E-state index < -0.39 is 30.0 Å². The lowest BCUT2D eigenvalue weighted by Gasteiger charge is -2.34. The van der Waals surface area contributed by atoms with E-state index in [-0.39, 0.29) is 19.0 Å². The number of nitrogens with two attached hydrogens (primary N) is 1. The fraction of sp³-hybridized carbons (Fsp3) is 0.238. The van der Waals surface area contributed by atoms with Crippen LogP contribution in [0.2, 0.25) is 0 Å². The van der Waals surface area contributed by atoms with E-state index in [2.05, 4.69) is 10.1 Å². The van der Waals surface area contributed by atoms with Crippen molar-refractivity contribution in [2.24, 2.45) is 5.73 Å². The van der Waals surface area contributed by atoms with Crippen LogP contribution in [0.3, 0.4) is 0 Å². The van der Waals surface area contributed by atoms with E-state index in [9.17, 15) is 19.5 Å². The number of rotatable bonds is 6. The Morgan fingerprint density at radius 2 is 1.81 bits per heavy atom. The molecule has 0 saturated carbocycles. The van der Waals surface area contributed by atoms with Gasteiger partial charge in [-0.15, -0.1) is 0 Å². The van der Waals surface area contributed by atoms with Crippen molar-refractivity contribution in [3.8, 4) is 0 Å². The summed E-state index contributed by atoms with van der Waals surface area (Å²) < 4.78 is 10.0. The minimum absolute atomic E-state index is 0.112. The van der Waals surface area contributed by atoms with Crippen LogP contribution in [0.25, 0.3) is 0 Å². The number of anilines is 2. The average molecular weight is 426 g/mol. The Morgan fingerprint density at radius 3 is 2.39 bits per heavy atom. The molecule has 0 aromatic heterocycles. The Labute approximate surface area is 178 Å². The van der Waals surface area contributed by atoms with Gasteiger partial charge < -0.3 is 30.5 Å². The number of benzene rings is 2. The number of methoxy groups -OCH3 is 1. The molecule has 2 aromatic rings. The number of carbonyl (C=O) groups excluding carboxylic acids is 3. The number of nitrogens with zero attached hydrogens (tertiary/aromatic N) is 1. The van der Waals surface area contributed by atoms with Gasteiger partial charge in [0.1, 0.15) is 5.84 Å². The standard InChI is InChI=1S/C21H22N4O6/c1-30-21(29)13-4-8-15(9-5-13)25-10-11-31-17(20(25)28)16(26)19(27)24-14-6-2-12(3-7-14)18(22)23/h2-9,16-17,26H,10-11H2,1H3,(H3,22,23)(H,24,27)/t16?,17-/m1/s1. The Morgan fingerprint density at radius 1 is 1.19 bits per heavy atom. The lowest BCUT2D eigenvalue weighted by molar-refractivity contribution is -0.150. The summed E-state index contributed by atoms with van der Waals surface area (Å²) >= 11 is 0. The van der Waals surface area contributed by atoms with Crippen molar-refractivity contribution in [2.45, 2.75) is 12.2 Å². The Kier molecular flexibility index (Phi) is 6.63. The van der Waals surface area contributed by atoms with Gasteiger partial charge in [-0.05, 0) is 48.5 Å². The van der Waals surface area contributed by atoms with Crippen LogP contribution in [0, 0.1) is 5.41 Å². The van der Waals surface area contributed by atoms with E-state index in [1.807, 2.05) is 0 Å². The largest absolute Gasteiger partial charge is 0.465 e. The predicted molar refractivity (Wildman–Crippen MR) is 112 cm³/mol. The predicted octanol–water partition coefficient (Wildman–Crippen LogP) is 0.489. The molecule has 10 nitrogen and oxygen atoms in total. The quantitative estimate of drug-likeness (QED) is 0.298. The van der Waals surface area contributed by atoms with E-state index in [1.54, 1.807) is 24.3 Å². The van der Waals surface area contributed by atoms with Gasteiger partial charge in [-0.3, -0.25) is 15.0 Å². The lowest BCUT2D eigenvalue weighted by Crippen LogP contribution is -2.55. The summed E-state index contributed by atoms with van der Waals surface area (Å²) in [5.74, 6) is -2.00. The molecule has 0 spiro atoms. The van der Waals surface area contributed by atoms with Crippen LogP contribution < -0.4 is 16.0 Å². The number of carbonyl (C=O) groups is 3. The molecule has 1 aliphatic heterocycles. The first kappa shape index (κ1) is 21.9. The zero-order valence-corrected chi connectivity index (χ0v) is 16.7. The van der Waals surface area contributed by atoms with Gasteiger partial charge in [0.05, 0.1) is 19.3 Å². The molecule has 1 saturated heterocycles. The molecule has 1 fully saturated rings. The minimum Gasteiger partial charge on any atom is -0.465 e. The Balaban J connectivity index is 1.68. The molecular formula is C21H22N4O6. The van der Waals surface area contributed by atoms with Gasteiger partial charge in [0.15, 0.2) is 12.2 Å². The number of hydrogen-bond donors (Lipinski definition) is 4. The highest BCUT2D eigenvalue weighted by Crippen LogP contribution is 2.22. The normalized spacial score (nSPS) is 17.0. The first-order chi connectivity index (χ1) is 14.8. The molecule has 3 rings (SSSR count). The molecule has 2 aromatic carbocycles. The fourth-order valence-corrected chi connectivity index (χ4v) is 3.07. The van der Waals surface area contributed by atoms with Crippen LogP contribution in [-0.4, -0.2) is 61.2 Å². The van der Waals surface area contributed by atoms with E-state index in [0.717, 1.165) is 0 Å². The van der Waals surface area contributed by atoms with Crippen molar-refractivity contribution in [1.29, 1.82) is 5.41 Å². The molecule has 0 radical (unpaired) electrons. The maximum Gasteiger partial charge on any atom is 0.337 e. The van der Waals surface area contributed by atoms with Crippen LogP contribution in [0.15, 0.2) is 48.5 Å². The van der Waals surface area contributed by atoms with Crippen LogP contribution in [0.1, 0.15) is 15.9 Å². The van der Waals surface area contributed by atoms with E-state index >= 15 is 0 Å². The summed E-state index contributed by atoms with van der Waals surface area (Å²) in [6, 6.07) is 12.4. The highest BCUT2D eigenvalue weighted by molar-refractivity contribution is 6.04. The second-order valence-electron chi connectivity index (χ2n) is 6.74. The number of morpholine rings is 1. The number of ether oxygens (including phenoxy) is 2. The molecule has 1 heterocycles. The third-order valence-electron chi connectivity index (χ3n) is 4.74. The molecule has 162 valence electrons. The van der Waals surface area contributed by atoms with Gasteiger partial charge in [0.25, 0.3) is 11.8 Å². The molecule has 0 bridgehead atoms. The smallest absolute Gasteiger partial charge is 0.337 e. The zero-order chi connectivity index (χ0) is 22.5. The van der Waals surface area contributed by atoms with Gasteiger partial charge in [-0.1, -0.05) is 0 Å². The maximum atomic E-state index is 12.9. The lowest BCUT2D eigenvalue weighted by atomic mass is 10.1. The van der Waals surface area contributed by atoms with E-state index in [0.29, 0.717) is 22.5 Å². The van der Waals surface area contributed by atoms with Crippen LogP contribution in [0.5, 0.6) is 0 Å². The number of amidine groups is 1. The number of hydrogen-bond acceptors (Lipinski definition) is 7. The summed E-state index contributed by atoms with van der Waals surface area (Å²) in [5.41, 5.74) is 7.07. The first-order valence-electron chi connectivity index (χ1n) is 9.36. The zero-order valence-electron chi connectivity index (χ0n) is 16.7. The third-order valence-corrected chi connectivity index (χ3v) is 4.74. The van der Waals surface area contributed by atoms with Gasteiger partial charge in [-0.25, -0.2) is 4.79 Å². The van der Waals surface area contributed by atoms with E-state index in [4.69, 9.17) is 15.9 Å². The number of nitrogens with one attached hydrogen (secondary N) is 2. The van der Waals surface area contributed by atoms with E-state index in [1.165, 1.54) is 36.3 Å². The minimum atomic E-state index is -1.74. The molecule has 1 aliphatic rings. The van der Waals surface area contributed by atoms with Crippen molar-refractivity contribution in [3.05, 3.63) is 59.7 Å². The van der Waals surface area contributed by atoms with Crippen LogP contribution >= 0.6 is 0 Å². The van der Waals surface area contributed by atoms with Crippen LogP contribution in [-0.2, 0) is 19.1 Å². The molecule has 2 amide bonds. The monoisotopic (exact) mass is 426 g/mol. The molecular weight excluding hydrogens is 404 g/mol. The maximum absolute atomic E-state index is 12.9. The third kappa shape index (κ3) is 4.87. The molecule has 0 aliphatic carbocycles. The average Bonchev–Trinajstić information content (AvgIpc) is 2.78. The number of esters is 1. The van der Waals surface area contributed by atoms with Gasteiger partial charge in [0, 0.05) is 23.5 Å². The molecule has 5 N–H and O–H groups in total. The van der Waals surface area contributed by atoms with Crippen molar-refractivity contribution in [1.82, 2.24) is 0 Å². The van der Waals surface area contributed by atoms with Gasteiger partial charge >= 0.3 is 5.97 Å². The molecule has 31 heavy (non-hydrogen) atoms. The van der Waals surface area contributed by atoms with Gasteiger partial charge in [-0.2, -0.15) is 0 Å². The summed E-state index contributed by atoms with van der Waals surface area (Å²) in [6.07, 6.45) is -3.12. The highest BCUT2D eigenvalue weighted by Gasteiger charge is 2.39. The SMILES string of the molecule is COC(=O)c1ccc(N2CCO[C@H](C(O)C(=O)Nc3ccc(C(=N)N)cc3)C2=O)cc1. The second-order valence-corrected chi connectivity index (χ2v) is 6.74.